The molecule has 0 aliphatic heterocycles. The zero-order chi connectivity index (χ0) is 21.1. The quantitative estimate of drug-likeness (QED) is 0.462. The van der Waals surface area contributed by atoms with Crippen molar-refractivity contribution < 1.29 is 4.92 Å². The van der Waals surface area contributed by atoms with E-state index in [-0.39, 0.29) is 21.6 Å². The van der Waals surface area contributed by atoms with Gasteiger partial charge in [-0.05, 0) is 45.1 Å². The predicted octanol–water partition coefficient (Wildman–Crippen LogP) is 5.85. The molecule has 1 aromatic heterocycles. The fraction of sp³-hybridized carbons (Fsp3) is 0.500. The number of nitrogens with one attached hydrogen (secondary N) is 2. The van der Waals surface area contributed by atoms with Gasteiger partial charge in [-0.1, -0.05) is 51.1 Å². The first-order valence-corrected chi connectivity index (χ1v) is 9.61. The van der Waals surface area contributed by atoms with E-state index in [0.29, 0.717) is 18.1 Å². The molecule has 0 fully saturated rings. The Balaban J connectivity index is 2.43. The molecule has 1 aromatic carbocycles. The van der Waals surface area contributed by atoms with Crippen molar-refractivity contribution in [3.05, 3.63) is 57.3 Å². The zero-order valence-electron chi connectivity index (χ0n) is 18.0. The van der Waals surface area contributed by atoms with E-state index in [4.69, 9.17) is 0 Å². The first-order chi connectivity index (χ1) is 12.9. The molecule has 1 heterocycles. The number of rotatable bonds is 7. The summed E-state index contributed by atoms with van der Waals surface area (Å²) >= 11 is 0. The fourth-order valence-electron chi connectivity index (χ4n) is 3.74. The molecule has 0 atom stereocenters. The van der Waals surface area contributed by atoms with Crippen molar-refractivity contribution in [1.29, 1.82) is 0 Å². The highest BCUT2D eigenvalue weighted by Gasteiger charge is 2.31. The Morgan fingerprint density at radius 3 is 2.21 bits per heavy atom. The predicted molar refractivity (Wildman–Crippen MR) is 116 cm³/mol. The molecule has 0 radical (unpaired) electrons. The molecule has 0 saturated heterocycles. The number of hydrogen-bond donors (Lipinski definition) is 2. The summed E-state index contributed by atoms with van der Waals surface area (Å²) in [5.74, 6) is 0.318. The molecule has 0 saturated carbocycles. The highest BCUT2D eigenvalue weighted by atomic mass is 16.6. The number of nitro groups is 1. The molecule has 0 bridgehead atoms. The lowest BCUT2D eigenvalue weighted by Gasteiger charge is -2.34. The third-order valence-corrected chi connectivity index (χ3v) is 4.58. The van der Waals surface area contributed by atoms with Crippen LogP contribution in [0.4, 0.5) is 17.2 Å². The van der Waals surface area contributed by atoms with E-state index >= 15 is 0 Å². The summed E-state index contributed by atoms with van der Waals surface area (Å²) in [5.41, 5.74) is 2.90. The van der Waals surface area contributed by atoms with Crippen LogP contribution in [0, 0.1) is 29.4 Å². The Morgan fingerprint density at radius 2 is 1.68 bits per heavy atom. The van der Waals surface area contributed by atoms with Crippen LogP contribution in [0.5, 0.6) is 0 Å². The molecule has 28 heavy (non-hydrogen) atoms. The number of benzene rings is 1. The first kappa shape index (κ1) is 21.7. The zero-order valence-corrected chi connectivity index (χ0v) is 18.0. The lowest BCUT2D eigenvalue weighted by atomic mass is 9.82. The largest absolute Gasteiger partial charge is 0.375 e. The molecule has 6 heteroatoms. The summed E-state index contributed by atoms with van der Waals surface area (Å²) in [6, 6.07) is 9.85. The van der Waals surface area contributed by atoms with Gasteiger partial charge in [-0.2, -0.15) is 0 Å². The summed E-state index contributed by atoms with van der Waals surface area (Å²) in [4.78, 5) is 16.2. The van der Waals surface area contributed by atoms with Gasteiger partial charge in [0.2, 0.25) is 5.82 Å². The summed E-state index contributed by atoms with van der Waals surface area (Å²) in [5, 5.41) is 18.6. The number of aromatic nitrogens is 1. The number of pyridine rings is 1. The van der Waals surface area contributed by atoms with Crippen LogP contribution >= 0.6 is 0 Å². The van der Waals surface area contributed by atoms with E-state index in [9.17, 15) is 10.1 Å². The van der Waals surface area contributed by atoms with Crippen molar-refractivity contribution in [3.63, 3.8) is 0 Å². The van der Waals surface area contributed by atoms with Gasteiger partial charge in [0, 0.05) is 23.3 Å². The smallest absolute Gasteiger partial charge is 0.334 e. The summed E-state index contributed by atoms with van der Waals surface area (Å²) in [7, 11) is 0. The Bertz CT molecular complexity index is 840. The second-order valence-electron chi connectivity index (χ2n) is 9.24. The van der Waals surface area contributed by atoms with Gasteiger partial charge in [-0.3, -0.25) is 10.1 Å². The molecule has 0 aliphatic rings. The van der Waals surface area contributed by atoms with E-state index < -0.39 is 0 Å². The second-order valence-corrected chi connectivity index (χ2v) is 9.24. The average molecular weight is 385 g/mol. The van der Waals surface area contributed by atoms with Crippen molar-refractivity contribution in [1.82, 2.24) is 4.98 Å². The van der Waals surface area contributed by atoms with Gasteiger partial charge in [0.05, 0.1) is 4.92 Å². The minimum absolute atomic E-state index is 0.000940. The fourth-order valence-corrected chi connectivity index (χ4v) is 3.74. The third kappa shape index (κ3) is 5.68. The number of aryl methyl sites for hydroxylation is 1. The van der Waals surface area contributed by atoms with Crippen molar-refractivity contribution >= 4 is 17.2 Å². The van der Waals surface area contributed by atoms with Crippen LogP contribution in [0.2, 0.25) is 0 Å². The Hall–Kier alpha value is -2.63. The Labute approximate surface area is 167 Å². The molecule has 0 aliphatic carbocycles. The minimum atomic E-state index is -0.345. The van der Waals surface area contributed by atoms with Gasteiger partial charge < -0.3 is 10.6 Å². The molecular weight excluding hydrogens is 352 g/mol. The summed E-state index contributed by atoms with van der Waals surface area (Å²) in [6.45, 7) is 14.8. The summed E-state index contributed by atoms with van der Waals surface area (Å²) in [6.07, 6.45) is 0.846. The van der Waals surface area contributed by atoms with Crippen LogP contribution in [0.1, 0.15) is 57.9 Å². The molecule has 6 nitrogen and oxygen atoms in total. The standard InChI is InChI=1S/C22H32N4O2/c1-15-16(2)24-20(25-22(6,7)14-21(3,4)5)19(26(27)28)18(15)23-13-17-11-9-8-10-12-17/h8-12H,13-14H2,1-7H3,(H2,23,24,25). The van der Waals surface area contributed by atoms with Crippen LogP contribution in [0.15, 0.2) is 30.3 Å². The maximum atomic E-state index is 12.0. The lowest BCUT2D eigenvalue weighted by molar-refractivity contribution is -0.383. The van der Waals surface area contributed by atoms with Crippen molar-refractivity contribution in [2.75, 3.05) is 10.6 Å². The molecule has 152 valence electrons. The van der Waals surface area contributed by atoms with Crippen molar-refractivity contribution in [3.8, 4) is 0 Å². The number of nitrogens with zero attached hydrogens (tertiary/aromatic N) is 2. The molecule has 0 amide bonds. The lowest BCUT2D eigenvalue weighted by Crippen LogP contribution is -2.36. The maximum absolute atomic E-state index is 12.0. The van der Waals surface area contributed by atoms with Crippen molar-refractivity contribution in [2.45, 2.75) is 67.0 Å². The topological polar surface area (TPSA) is 80.1 Å². The second kappa shape index (κ2) is 8.17. The number of anilines is 2. The van der Waals surface area contributed by atoms with Gasteiger partial charge in [0.1, 0.15) is 5.69 Å². The van der Waals surface area contributed by atoms with Crippen LogP contribution in [0.25, 0.3) is 0 Å². The molecule has 2 rings (SSSR count). The van der Waals surface area contributed by atoms with Gasteiger partial charge in [-0.15, -0.1) is 0 Å². The van der Waals surface area contributed by atoms with Gasteiger partial charge in [0.15, 0.2) is 0 Å². The molecule has 0 spiro atoms. The van der Waals surface area contributed by atoms with E-state index in [1.165, 1.54) is 0 Å². The Kier molecular flexibility index (Phi) is 6.32. The van der Waals surface area contributed by atoms with E-state index in [1.54, 1.807) is 0 Å². The summed E-state index contributed by atoms with van der Waals surface area (Å²) < 4.78 is 0. The monoisotopic (exact) mass is 384 g/mol. The molecule has 2 N–H and O–H groups in total. The SMILES string of the molecule is Cc1nc(NC(C)(C)CC(C)(C)C)c([N+](=O)[O-])c(NCc2ccccc2)c1C. The normalized spacial score (nSPS) is 12.0. The first-order valence-electron chi connectivity index (χ1n) is 9.61. The van der Waals surface area contributed by atoms with Crippen LogP contribution in [0.3, 0.4) is 0 Å². The van der Waals surface area contributed by atoms with Crippen LogP contribution < -0.4 is 10.6 Å². The minimum Gasteiger partial charge on any atom is -0.375 e. The van der Waals surface area contributed by atoms with Crippen LogP contribution in [-0.4, -0.2) is 15.4 Å². The third-order valence-electron chi connectivity index (χ3n) is 4.58. The highest BCUT2D eigenvalue weighted by molar-refractivity contribution is 5.77. The highest BCUT2D eigenvalue weighted by Crippen LogP contribution is 2.39. The maximum Gasteiger partial charge on any atom is 0.334 e. The van der Waals surface area contributed by atoms with E-state index in [2.05, 4.69) is 50.2 Å². The molecule has 2 aromatic rings. The van der Waals surface area contributed by atoms with E-state index in [0.717, 1.165) is 23.2 Å². The van der Waals surface area contributed by atoms with Gasteiger partial charge in [0.25, 0.3) is 0 Å². The van der Waals surface area contributed by atoms with Gasteiger partial charge in [-0.25, -0.2) is 4.98 Å². The average Bonchev–Trinajstić information content (AvgIpc) is 2.54. The Morgan fingerprint density at radius 1 is 1.07 bits per heavy atom. The van der Waals surface area contributed by atoms with Crippen molar-refractivity contribution in [2.24, 2.45) is 5.41 Å². The van der Waals surface area contributed by atoms with Crippen LogP contribution in [-0.2, 0) is 6.54 Å². The number of hydrogen-bond acceptors (Lipinski definition) is 5. The van der Waals surface area contributed by atoms with E-state index in [1.807, 2.05) is 44.2 Å². The van der Waals surface area contributed by atoms with Gasteiger partial charge >= 0.3 is 5.69 Å². The molecule has 0 unspecified atom stereocenters. The molecular formula is C22H32N4O2.